The number of aliphatic carboxylic acids is 1. The molecule has 1 aromatic carbocycles. The molecule has 0 aliphatic heterocycles. The summed E-state index contributed by atoms with van der Waals surface area (Å²) in [6, 6.07) is 3.42. The largest absolute Gasteiger partial charge is 0.549 e. The Kier molecular flexibility index (Phi) is 4.08. The van der Waals surface area contributed by atoms with Gasteiger partial charge in [0.2, 0.25) is 0 Å². The summed E-state index contributed by atoms with van der Waals surface area (Å²) >= 11 is 7.51. The molecule has 0 radical (unpaired) electrons. The first-order chi connectivity index (χ1) is 8.47. The maximum Gasteiger partial charge on any atom is 0.259 e. The lowest BCUT2D eigenvalue weighted by molar-refractivity contribution is -0.301. The molecule has 8 heteroatoms. The van der Waals surface area contributed by atoms with Gasteiger partial charge in [-0.2, -0.15) is 0 Å². The number of H-pyrrole nitrogens is 1. The minimum absolute atomic E-state index is 0.250. The van der Waals surface area contributed by atoms with Crippen LogP contribution in [0.5, 0.6) is 0 Å². The Balaban J connectivity index is 2.55. The third-order valence-corrected chi connectivity index (χ3v) is 3.94. The fourth-order valence-electron chi connectivity index (χ4n) is 1.34. The van der Waals surface area contributed by atoms with Gasteiger partial charge in [0.1, 0.15) is 0 Å². The van der Waals surface area contributed by atoms with Crippen molar-refractivity contribution in [3.05, 3.63) is 31.4 Å². The third-order valence-electron chi connectivity index (χ3n) is 2.03. The summed E-state index contributed by atoms with van der Waals surface area (Å²) < 4.78 is 1.41. The maximum absolute atomic E-state index is 11.8. The van der Waals surface area contributed by atoms with E-state index in [2.05, 4.69) is 41.8 Å². The quantitative estimate of drug-likeness (QED) is 0.628. The number of carboxylic acids is 1. The summed E-state index contributed by atoms with van der Waals surface area (Å²) in [4.78, 5) is 28.9. The summed E-state index contributed by atoms with van der Waals surface area (Å²) in [5.41, 5.74) is 0.172. The molecule has 5 nitrogen and oxygen atoms in total. The Bertz CT molecular complexity index is 687. The van der Waals surface area contributed by atoms with Gasteiger partial charge >= 0.3 is 0 Å². The predicted octanol–water partition coefficient (Wildman–Crippen LogP) is 1.29. The Morgan fingerprint density at radius 3 is 2.83 bits per heavy atom. The van der Waals surface area contributed by atoms with Crippen molar-refractivity contribution in [2.24, 2.45) is 0 Å². The van der Waals surface area contributed by atoms with Crippen LogP contribution in [0.2, 0.25) is 0 Å². The van der Waals surface area contributed by atoms with E-state index in [-0.39, 0.29) is 16.5 Å². The van der Waals surface area contributed by atoms with Crippen LogP contribution in [0.1, 0.15) is 0 Å². The van der Waals surface area contributed by atoms with Crippen LogP contribution in [0.3, 0.4) is 0 Å². The number of hydrogen-bond donors (Lipinski definition) is 1. The summed E-state index contributed by atoms with van der Waals surface area (Å²) in [6.45, 7) is 0. The van der Waals surface area contributed by atoms with Gasteiger partial charge in [-0.25, -0.2) is 4.98 Å². The Morgan fingerprint density at radius 1 is 1.44 bits per heavy atom. The SMILES string of the molecule is O=C([O-])CSc1nc2c(Br)cc(Br)cc2c(=O)[nH]1. The van der Waals surface area contributed by atoms with Crippen LogP contribution in [0.15, 0.2) is 31.0 Å². The molecule has 0 saturated heterocycles. The molecule has 1 aromatic heterocycles. The first-order valence-corrected chi connectivity index (χ1v) is 7.26. The number of hydrogen-bond acceptors (Lipinski definition) is 5. The molecule has 0 spiro atoms. The van der Waals surface area contributed by atoms with Crippen molar-refractivity contribution in [3.63, 3.8) is 0 Å². The van der Waals surface area contributed by atoms with Crippen molar-refractivity contribution in [3.8, 4) is 0 Å². The number of carbonyl (C=O) groups is 1. The second-order valence-electron chi connectivity index (χ2n) is 3.32. The zero-order valence-electron chi connectivity index (χ0n) is 8.70. The van der Waals surface area contributed by atoms with Gasteiger partial charge in [0.15, 0.2) is 5.16 Å². The van der Waals surface area contributed by atoms with Crippen LogP contribution < -0.4 is 10.7 Å². The van der Waals surface area contributed by atoms with Crippen LogP contribution in [-0.4, -0.2) is 21.7 Å². The molecule has 18 heavy (non-hydrogen) atoms. The van der Waals surface area contributed by atoms with E-state index in [0.29, 0.717) is 15.4 Å². The molecule has 2 rings (SSSR count). The van der Waals surface area contributed by atoms with Crippen LogP contribution >= 0.6 is 43.6 Å². The summed E-state index contributed by atoms with van der Waals surface area (Å²) in [5.74, 6) is -1.47. The van der Waals surface area contributed by atoms with Gasteiger partial charge in [0.05, 0.1) is 16.9 Å². The minimum atomic E-state index is -1.21. The summed E-state index contributed by atoms with van der Waals surface area (Å²) in [7, 11) is 0. The van der Waals surface area contributed by atoms with Crippen LogP contribution in [0.4, 0.5) is 0 Å². The summed E-state index contributed by atoms with van der Waals surface area (Å²) in [6.07, 6.45) is 0. The monoisotopic (exact) mass is 391 g/mol. The van der Waals surface area contributed by atoms with Crippen molar-refractivity contribution in [1.82, 2.24) is 9.97 Å². The number of carboxylic acid groups (broad SMARTS) is 1. The number of carbonyl (C=O) groups excluding carboxylic acids is 1. The highest BCUT2D eigenvalue weighted by molar-refractivity contribution is 9.11. The lowest BCUT2D eigenvalue weighted by Crippen LogP contribution is -2.24. The van der Waals surface area contributed by atoms with Gasteiger partial charge < -0.3 is 14.9 Å². The second-order valence-corrected chi connectivity index (χ2v) is 6.05. The average molecular weight is 393 g/mol. The fourth-order valence-corrected chi connectivity index (χ4v) is 3.23. The molecular formula is C10H5Br2N2O3S-. The third kappa shape index (κ3) is 2.93. The number of rotatable bonds is 3. The topological polar surface area (TPSA) is 85.9 Å². The van der Waals surface area contributed by atoms with Crippen molar-refractivity contribution in [1.29, 1.82) is 0 Å². The number of aromatic nitrogens is 2. The van der Waals surface area contributed by atoms with Gasteiger partial charge in [-0.3, -0.25) is 4.79 Å². The lowest BCUT2D eigenvalue weighted by Gasteiger charge is -2.05. The molecule has 0 amide bonds. The molecule has 0 aliphatic carbocycles. The summed E-state index contributed by atoms with van der Waals surface area (Å²) in [5, 5.41) is 11.0. The molecule has 0 fully saturated rings. The minimum Gasteiger partial charge on any atom is -0.549 e. The predicted molar refractivity (Wildman–Crippen MR) is 73.5 cm³/mol. The molecule has 0 saturated carbocycles. The number of fused-ring (bicyclic) bond motifs is 1. The van der Waals surface area contributed by atoms with E-state index in [1.54, 1.807) is 12.1 Å². The number of aromatic amines is 1. The highest BCUT2D eigenvalue weighted by atomic mass is 79.9. The van der Waals surface area contributed by atoms with Crippen LogP contribution in [0.25, 0.3) is 10.9 Å². The van der Waals surface area contributed by atoms with E-state index in [0.717, 1.165) is 16.2 Å². The number of thioether (sulfide) groups is 1. The van der Waals surface area contributed by atoms with Gasteiger partial charge in [-0.1, -0.05) is 27.7 Å². The van der Waals surface area contributed by atoms with Crippen molar-refractivity contribution in [2.75, 3.05) is 5.75 Å². The van der Waals surface area contributed by atoms with Crippen molar-refractivity contribution < 1.29 is 9.90 Å². The van der Waals surface area contributed by atoms with Crippen LogP contribution in [0, 0.1) is 0 Å². The van der Waals surface area contributed by atoms with Gasteiger partial charge in [0.25, 0.3) is 5.56 Å². The number of benzene rings is 1. The number of nitrogens with one attached hydrogen (secondary N) is 1. The van der Waals surface area contributed by atoms with Gasteiger partial charge in [-0.15, -0.1) is 0 Å². The maximum atomic E-state index is 11.8. The second kappa shape index (κ2) is 5.41. The molecular weight excluding hydrogens is 388 g/mol. The smallest absolute Gasteiger partial charge is 0.259 e. The van der Waals surface area contributed by atoms with E-state index in [4.69, 9.17) is 0 Å². The molecule has 1 heterocycles. The van der Waals surface area contributed by atoms with Gasteiger partial charge in [-0.05, 0) is 28.1 Å². The normalized spacial score (nSPS) is 10.8. The zero-order chi connectivity index (χ0) is 13.3. The van der Waals surface area contributed by atoms with E-state index in [1.807, 2.05) is 0 Å². The lowest BCUT2D eigenvalue weighted by atomic mass is 10.2. The first kappa shape index (κ1) is 13.6. The van der Waals surface area contributed by atoms with E-state index in [9.17, 15) is 14.7 Å². The average Bonchev–Trinajstić information content (AvgIpc) is 2.28. The van der Waals surface area contributed by atoms with E-state index >= 15 is 0 Å². The molecule has 2 aromatic rings. The van der Waals surface area contributed by atoms with E-state index < -0.39 is 5.97 Å². The molecule has 0 aliphatic rings. The number of halogens is 2. The van der Waals surface area contributed by atoms with E-state index in [1.165, 1.54) is 0 Å². The Morgan fingerprint density at radius 2 is 2.17 bits per heavy atom. The molecule has 94 valence electrons. The molecule has 1 N–H and O–H groups in total. The van der Waals surface area contributed by atoms with Crippen molar-refractivity contribution in [2.45, 2.75) is 5.16 Å². The molecule has 0 bridgehead atoms. The van der Waals surface area contributed by atoms with Crippen LogP contribution in [-0.2, 0) is 4.79 Å². The first-order valence-electron chi connectivity index (χ1n) is 4.69. The zero-order valence-corrected chi connectivity index (χ0v) is 12.7. The molecule has 0 atom stereocenters. The van der Waals surface area contributed by atoms with Crippen molar-refractivity contribution >= 4 is 60.5 Å². The Labute approximate surface area is 122 Å². The number of nitrogens with zero attached hydrogens (tertiary/aromatic N) is 1. The molecule has 0 unspecified atom stereocenters. The standard InChI is InChI=1S/C10H6Br2N2O3S/c11-4-1-5-8(6(12)2-4)13-10(14-9(5)17)18-3-7(15)16/h1-2H,3H2,(H,15,16)(H,13,14,17)/p-1. The Hall–Kier alpha value is -0.860. The highest BCUT2D eigenvalue weighted by Gasteiger charge is 2.08. The van der Waals surface area contributed by atoms with Gasteiger partial charge in [0, 0.05) is 14.7 Å². The fraction of sp³-hybridized carbons (Fsp3) is 0.100. The highest BCUT2D eigenvalue weighted by Crippen LogP contribution is 2.26.